The first-order valence-corrected chi connectivity index (χ1v) is 7.01. The zero-order chi connectivity index (χ0) is 16.5. The highest BCUT2D eigenvalue weighted by Gasteiger charge is 2.20. The van der Waals surface area contributed by atoms with E-state index in [2.05, 4.69) is 5.32 Å². The Morgan fingerprint density at radius 2 is 1.82 bits per heavy atom. The second kappa shape index (κ2) is 8.78. The van der Waals surface area contributed by atoms with Gasteiger partial charge in [-0.05, 0) is 38.1 Å². The third-order valence-electron chi connectivity index (χ3n) is 2.89. The average Bonchev–Trinajstić information content (AvgIpc) is 2.52. The molecule has 7 heteroatoms. The molecule has 1 aromatic carbocycles. The number of aliphatic hydroxyl groups is 1. The highest BCUT2D eigenvalue weighted by molar-refractivity contribution is 6.39. The van der Waals surface area contributed by atoms with E-state index in [0.717, 1.165) is 0 Å². The fourth-order valence-corrected chi connectivity index (χ4v) is 1.76. The lowest BCUT2D eigenvalue weighted by atomic mass is 10.2. The molecule has 0 saturated heterocycles. The second-order valence-corrected chi connectivity index (χ2v) is 4.36. The molecular formula is C15H20N2O5. The SMILES string of the molecule is CCOC(=O)c1ccc(NC(=O)C(=O)N(CC)CCO)cc1. The van der Waals surface area contributed by atoms with Gasteiger partial charge in [-0.25, -0.2) is 4.79 Å². The number of amides is 2. The number of hydrogen-bond donors (Lipinski definition) is 2. The van der Waals surface area contributed by atoms with E-state index in [1.165, 1.54) is 29.2 Å². The highest BCUT2D eigenvalue weighted by atomic mass is 16.5. The molecule has 0 radical (unpaired) electrons. The number of hydrogen-bond acceptors (Lipinski definition) is 5. The maximum Gasteiger partial charge on any atom is 0.338 e. The van der Waals surface area contributed by atoms with Crippen molar-refractivity contribution < 1.29 is 24.2 Å². The Labute approximate surface area is 128 Å². The molecule has 0 unspecified atom stereocenters. The Hall–Kier alpha value is -2.41. The van der Waals surface area contributed by atoms with E-state index in [1.54, 1.807) is 13.8 Å². The van der Waals surface area contributed by atoms with Crippen LogP contribution in [0.5, 0.6) is 0 Å². The normalized spacial score (nSPS) is 9.95. The van der Waals surface area contributed by atoms with Crippen LogP contribution in [-0.2, 0) is 14.3 Å². The molecule has 0 aliphatic rings. The molecule has 0 bridgehead atoms. The summed E-state index contributed by atoms with van der Waals surface area (Å²) in [5, 5.41) is 11.3. The number of rotatable bonds is 6. The number of ether oxygens (including phenoxy) is 1. The molecule has 0 fully saturated rings. The van der Waals surface area contributed by atoms with Crippen LogP contribution in [0.4, 0.5) is 5.69 Å². The molecule has 2 amide bonds. The van der Waals surface area contributed by atoms with Crippen molar-refractivity contribution in [3.63, 3.8) is 0 Å². The average molecular weight is 308 g/mol. The Balaban J connectivity index is 2.68. The van der Waals surface area contributed by atoms with Crippen molar-refractivity contribution in [1.29, 1.82) is 0 Å². The lowest BCUT2D eigenvalue weighted by Gasteiger charge is -2.18. The van der Waals surface area contributed by atoms with E-state index in [9.17, 15) is 14.4 Å². The molecule has 0 spiro atoms. The molecule has 0 atom stereocenters. The van der Waals surface area contributed by atoms with Gasteiger partial charge in [0.2, 0.25) is 0 Å². The molecule has 1 rings (SSSR count). The molecule has 1 aromatic rings. The number of benzene rings is 1. The van der Waals surface area contributed by atoms with Crippen LogP contribution in [0.15, 0.2) is 24.3 Å². The van der Waals surface area contributed by atoms with Gasteiger partial charge in [-0.2, -0.15) is 0 Å². The van der Waals surface area contributed by atoms with Crippen molar-refractivity contribution in [2.45, 2.75) is 13.8 Å². The summed E-state index contributed by atoms with van der Waals surface area (Å²) in [6.45, 7) is 3.93. The molecule has 0 aliphatic carbocycles. The van der Waals surface area contributed by atoms with Gasteiger partial charge in [-0.3, -0.25) is 9.59 Å². The van der Waals surface area contributed by atoms with Crippen molar-refractivity contribution in [1.82, 2.24) is 4.90 Å². The van der Waals surface area contributed by atoms with Crippen LogP contribution >= 0.6 is 0 Å². The number of aliphatic hydroxyl groups excluding tert-OH is 1. The quantitative estimate of drug-likeness (QED) is 0.594. The second-order valence-electron chi connectivity index (χ2n) is 4.36. The Bertz CT molecular complexity index is 527. The summed E-state index contributed by atoms with van der Waals surface area (Å²) in [6.07, 6.45) is 0. The van der Waals surface area contributed by atoms with Crippen LogP contribution in [-0.4, -0.2) is 54.1 Å². The highest BCUT2D eigenvalue weighted by Crippen LogP contribution is 2.11. The van der Waals surface area contributed by atoms with Crippen molar-refractivity contribution in [3.8, 4) is 0 Å². The summed E-state index contributed by atoms with van der Waals surface area (Å²) >= 11 is 0. The smallest absolute Gasteiger partial charge is 0.338 e. The van der Waals surface area contributed by atoms with Gasteiger partial charge in [0.25, 0.3) is 0 Å². The van der Waals surface area contributed by atoms with Crippen LogP contribution in [0.3, 0.4) is 0 Å². The van der Waals surface area contributed by atoms with Gasteiger partial charge in [-0.1, -0.05) is 0 Å². The number of nitrogens with zero attached hydrogens (tertiary/aromatic N) is 1. The Kier molecular flexibility index (Phi) is 7.04. The number of likely N-dealkylation sites (N-methyl/N-ethyl adjacent to an activating group) is 1. The first-order chi connectivity index (χ1) is 10.5. The molecule has 120 valence electrons. The summed E-state index contributed by atoms with van der Waals surface area (Å²) in [5.74, 6) is -1.96. The monoisotopic (exact) mass is 308 g/mol. The van der Waals surface area contributed by atoms with Crippen molar-refractivity contribution in [3.05, 3.63) is 29.8 Å². The number of carbonyl (C=O) groups excluding carboxylic acids is 3. The molecule has 2 N–H and O–H groups in total. The molecule has 0 aromatic heterocycles. The topological polar surface area (TPSA) is 95.9 Å². The molecule has 22 heavy (non-hydrogen) atoms. The van der Waals surface area contributed by atoms with E-state index in [1.807, 2.05) is 0 Å². The van der Waals surface area contributed by atoms with E-state index >= 15 is 0 Å². The number of nitrogens with one attached hydrogen (secondary N) is 1. The predicted octanol–water partition coefficient (Wildman–Crippen LogP) is 0.643. The molecule has 0 saturated carbocycles. The van der Waals surface area contributed by atoms with Crippen molar-refractivity contribution in [2.24, 2.45) is 0 Å². The zero-order valence-corrected chi connectivity index (χ0v) is 12.7. The minimum Gasteiger partial charge on any atom is -0.462 e. The minimum absolute atomic E-state index is 0.102. The lowest BCUT2D eigenvalue weighted by molar-refractivity contribution is -0.143. The third-order valence-corrected chi connectivity index (χ3v) is 2.89. The summed E-state index contributed by atoms with van der Waals surface area (Å²) in [5.41, 5.74) is 0.757. The summed E-state index contributed by atoms with van der Waals surface area (Å²) in [6, 6.07) is 6.03. The molecule has 0 heterocycles. The van der Waals surface area contributed by atoms with E-state index < -0.39 is 17.8 Å². The van der Waals surface area contributed by atoms with Gasteiger partial charge < -0.3 is 20.1 Å². The molecule has 7 nitrogen and oxygen atoms in total. The van der Waals surface area contributed by atoms with Gasteiger partial charge in [-0.15, -0.1) is 0 Å². The van der Waals surface area contributed by atoms with Crippen LogP contribution in [0, 0.1) is 0 Å². The van der Waals surface area contributed by atoms with Gasteiger partial charge in [0.15, 0.2) is 0 Å². The molecule has 0 aliphatic heterocycles. The third kappa shape index (κ3) is 4.85. The fraction of sp³-hybridized carbons (Fsp3) is 0.400. The first kappa shape index (κ1) is 17.6. The van der Waals surface area contributed by atoms with Crippen molar-refractivity contribution in [2.75, 3.05) is 31.6 Å². The fourth-order valence-electron chi connectivity index (χ4n) is 1.76. The van der Waals surface area contributed by atoms with Gasteiger partial charge in [0.05, 0.1) is 18.8 Å². The summed E-state index contributed by atoms with van der Waals surface area (Å²) < 4.78 is 4.85. The number of carbonyl (C=O) groups is 3. The minimum atomic E-state index is -0.792. The largest absolute Gasteiger partial charge is 0.462 e. The maximum absolute atomic E-state index is 11.9. The van der Waals surface area contributed by atoms with E-state index in [4.69, 9.17) is 9.84 Å². The van der Waals surface area contributed by atoms with Crippen LogP contribution in [0.2, 0.25) is 0 Å². The zero-order valence-electron chi connectivity index (χ0n) is 12.7. The lowest BCUT2D eigenvalue weighted by Crippen LogP contribution is -2.41. The number of esters is 1. The van der Waals surface area contributed by atoms with Crippen LogP contribution in [0.25, 0.3) is 0 Å². The van der Waals surface area contributed by atoms with Crippen LogP contribution in [0.1, 0.15) is 24.2 Å². The van der Waals surface area contributed by atoms with Gasteiger partial charge >= 0.3 is 17.8 Å². The summed E-state index contributed by atoms with van der Waals surface area (Å²) in [7, 11) is 0. The van der Waals surface area contributed by atoms with E-state index in [-0.39, 0.29) is 19.8 Å². The standard InChI is InChI=1S/C15H20N2O5/c1-3-17(9-10-18)14(20)13(19)16-12-7-5-11(6-8-12)15(21)22-4-2/h5-8,18H,3-4,9-10H2,1-2H3,(H,16,19). The number of anilines is 1. The first-order valence-electron chi connectivity index (χ1n) is 7.01. The Morgan fingerprint density at radius 1 is 1.18 bits per heavy atom. The van der Waals surface area contributed by atoms with Crippen LogP contribution < -0.4 is 5.32 Å². The Morgan fingerprint density at radius 3 is 2.32 bits per heavy atom. The van der Waals surface area contributed by atoms with Gasteiger partial charge in [0, 0.05) is 18.8 Å². The molecular weight excluding hydrogens is 288 g/mol. The summed E-state index contributed by atoms with van der Waals surface area (Å²) in [4.78, 5) is 36.4. The predicted molar refractivity (Wildman–Crippen MR) is 80.4 cm³/mol. The van der Waals surface area contributed by atoms with Crippen molar-refractivity contribution >= 4 is 23.5 Å². The maximum atomic E-state index is 11.9. The van der Waals surface area contributed by atoms with E-state index in [0.29, 0.717) is 17.8 Å². The van der Waals surface area contributed by atoms with Gasteiger partial charge in [0.1, 0.15) is 0 Å².